The highest BCUT2D eigenvalue weighted by atomic mass is 16.5. The Labute approximate surface area is 114 Å². The van der Waals surface area contributed by atoms with Crippen LogP contribution in [-0.4, -0.2) is 30.2 Å². The fourth-order valence-electron chi connectivity index (χ4n) is 2.53. The topological polar surface area (TPSA) is 76.3 Å². The van der Waals surface area contributed by atoms with Crippen molar-refractivity contribution in [3.63, 3.8) is 0 Å². The van der Waals surface area contributed by atoms with Gasteiger partial charge in [0.15, 0.2) is 5.82 Å². The molecule has 19 heavy (non-hydrogen) atoms. The largest absolute Gasteiger partial charge is 0.377 e. The van der Waals surface area contributed by atoms with Gasteiger partial charge in [-0.1, -0.05) is 13.8 Å². The zero-order valence-electron chi connectivity index (χ0n) is 11.9. The Morgan fingerprint density at radius 1 is 1.47 bits per heavy atom. The molecule has 1 aromatic rings. The summed E-state index contributed by atoms with van der Waals surface area (Å²) in [7, 11) is 1.63. The highest BCUT2D eigenvalue weighted by Crippen LogP contribution is 2.31. The van der Waals surface area contributed by atoms with E-state index in [1.807, 2.05) is 6.07 Å². The molecule has 0 aromatic carbocycles. The first-order chi connectivity index (χ1) is 9.04. The molecular formula is C13H23N5O. The van der Waals surface area contributed by atoms with Crippen molar-refractivity contribution in [1.82, 2.24) is 9.97 Å². The summed E-state index contributed by atoms with van der Waals surface area (Å²) < 4.78 is 5.10. The van der Waals surface area contributed by atoms with Crippen molar-refractivity contribution >= 4 is 11.6 Å². The van der Waals surface area contributed by atoms with Crippen molar-refractivity contribution in [3.8, 4) is 0 Å². The van der Waals surface area contributed by atoms with Gasteiger partial charge in [-0.15, -0.1) is 0 Å². The average molecular weight is 265 g/mol. The Kier molecular flexibility index (Phi) is 4.21. The third-order valence-corrected chi connectivity index (χ3v) is 3.40. The lowest BCUT2D eigenvalue weighted by Gasteiger charge is -2.38. The number of nitrogen functional groups attached to an aromatic ring is 1. The van der Waals surface area contributed by atoms with E-state index >= 15 is 0 Å². The molecule has 0 spiro atoms. The van der Waals surface area contributed by atoms with Gasteiger partial charge in [0, 0.05) is 26.3 Å². The fraction of sp³-hybridized carbons (Fsp3) is 0.692. The van der Waals surface area contributed by atoms with Gasteiger partial charge in [0.1, 0.15) is 18.2 Å². The van der Waals surface area contributed by atoms with Gasteiger partial charge in [-0.2, -0.15) is 0 Å². The SMILES string of the molecule is COCc1nc(NN)cc(N2CCCC(C)(C)C2)n1. The Balaban J connectivity index is 2.25. The van der Waals surface area contributed by atoms with Crippen LogP contribution in [-0.2, 0) is 11.3 Å². The van der Waals surface area contributed by atoms with E-state index in [1.165, 1.54) is 12.8 Å². The van der Waals surface area contributed by atoms with Gasteiger partial charge < -0.3 is 15.1 Å². The maximum absolute atomic E-state index is 5.47. The first-order valence-corrected chi connectivity index (χ1v) is 6.62. The smallest absolute Gasteiger partial charge is 0.158 e. The van der Waals surface area contributed by atoms with Crippen LogP contribution in [0.5, 0.6) is 0 Å². The van der Waals surface area contributed by atoms with Crippen LogP contribution in [0.3, 0.4) is 0 Å². The zero-order chi connectivity index (χ0) is 13.9. The fourth-order valence-corrected chi connectivity index (χ4v) is 2.53. The first-order valence-electron chi connectivity index (χ1n) is 6.62. The van der Waals surface area contributed by atoms with Gasteiger partial charge in [-0.25, -0.2) is 15.8 Å². The molecule has 1 saturated heterocycles. The molecule has 106 valence electrons. The number of nitrogens with zero attached hydrogens (tertiary/aromatic N) is 3. The number of hydrogen-bond acceptors (Lipinski definition) is 6. The molecule has 0 unspecified atom stereocenters. The van der Waals surface area contributed by atoms with Crippen LogP contribution in [0, 0.1) is 5.41 Å². The minimum atomic E-state index is 0.320. The van der Waals surface area contributed by atoms with E-state index in [2.05, 4.69) is 34.1 Å². The van der Waals surface area contributed by atoms with Gasteiger partial charge in [0.25, 0.3) is 0 Å². The first kappa shape index (κ1) is 14.0. The second-order valence-electron chi connectivity index (χ2n) is 5.79. The molecule has 0 saturated carbocycles. The van der Waals surface area contributed by atoms with Crippen LogP contribution < -0.4 is 16.2 Å². The third-order valence-electron chi connectivity index (χ3n) is 3.40. The number of hydrazine groups is 1. The van der Waals surface area contributed by atoms with E-state index in [0.29, 0.717) is 23.7 Å². The summed E-state index contributed by atoms with van der Waals surface area (Å²) in [5.74, 6) is 7.66. The predicted molar refractivity (Wildman–Crippen MR) is 75.8 cm³/mol. The predicted octanol–water partition coefficient (Wildman–Crippen LogP) is 1.53. The Morgan fingerprint density at radius 3 is 2.89 bits per heavy atom. The van der Waals surface area contributed by atoms with Crippen LogP contribution in [0.15, 0.2) is 6.07 Å². The molecular weight excluding hydrogens is 242 g/mol. The van der Waals surface area contributed by atoms with Crippen molar-refractivity contribution in [2.45, 2.75) is 33.3 Å². The van der Waals surface area contributed by atoms with E-state index < -0.39 is 0 Å². The number of aromatic nitrogens is 2. The molecule has 0 radical (unpaired) electrons. The number of piperidine rings is 1. The monoisotopic (exact) mass is 265 g/mol. The molecule has 0 aliphatic carbocycles. The van der Waals surface area contributed by atoms with Gasteiger partial charge in [-0.3, -0.25) is 0 Å². The summed E-state index contributed by atoms with van der Waals surface area (Å²) in [5.41, 5.74) is 2.91. The highest BCUT2D eigenvalue weighted by molar-refractivity contribution is 5.49. The number of nitrogens with one attached hydrogen (secondary N) is 1. The summed E-state index contributed by atoms with van der Waals surface area (Å²) in [6.45, 7) is 6.99. The minimum absolute atomic E-state index is 0.320. The van der Waals surface area contributed by atoms with Gasteiger partial charge >= 0.3 is 0 Å². The number of rotatable bonds is 4. The standard InChI is InChI=1S/C13H23N5O/c1-13(2)5-4-6-18(9-13)12-7-10(17-14)15-11(16-12)8-19-3/h7H,4-6,8-9,14H2,1-3H3,(H,15,16,17). The van der Waals surface area contributed by atoms with Crippen LogP contribution in [0.2, 0.25) is 0 Å². The molecule has 6 nitrogen and oxygen atoms in total. The van der Waals surface area contributed by atoms with Crippen LogP contribution in [0.25, 0.3) is 0 Å². The molecule has 6 heteroatoms. The molecule has 1 aliphatic heterocycles. The summed E-state index contributed by atoms with van der Waals surface area (Å²) in [6, 6.07) is 1.89. The molecule has 1 aliphatic rings. The molecule has 0 bridgehead atoms. The van der Waals surface area contributed by atoms with E-state index in [9.17, 15) is 0 Å². The average Bonchev–Trinajstić information content (AvgIpc) is 2.37. The molecule has 1 fully saturated rings. The van der Waals surface area contributed by atoms with E-state index in [-0.39, 0.29) is 0 Å². The lowest BCUT2D eigenvalue weighted by Crippen LogP contribution is -2.40. The molecule has 0 amide bonds. The second-order valence-corrected chi connectivity index (χ2v) is 5.79. The Bertz CT molecular complexity index is 435. The van der Waals surface area contributed by atoms with Crippen molar-refractivity contribution in [1.29, 1.82) is 0 Å². The number of anilines is 2. The molecule has 0 atom stereocenters. The van der Waals surface area contributed by atoms with Crippen LogP contribution >= 0.6 is 0 Å². The Hall–Kier alpha value is -1.40. The summed E-state index contributed by atoms with van der Waals surface area (Å²) in [5, 5.41) is 0. The number of methoxy groups -OCH3 is 1. The number of hydrogen-bond donors (Lipinski definition) is 2. The maximum atomic E-state index is 5.47. The molecule has 2 heterocycles. The third kappa shape index (κ3) is 3.54. The van der Waals surface area contributed by atoms with Crippen molar-refractivity contribution in [3.05, 3.63) is 11.9 Å². The maximum Gasteiger partial charge on any atom is 0.158 e. The lowest BCUT2D eigenvalue weighted by molar-refractivity contribution is 0.178. The van der Waals surface area contributed by atoms with E-state index in [0.717, 1.165) is 18.9 Å². The lowest BCUT2D eigenvalue weighted by atomic mass is 9.84. The molecule has 2 rings (SSSR count). The van der Waals surface area contributed by atoms with E-state index in [1.54, 1.807) is 7.11 Å². The summed E-state index contributed by atoms with van der Waals surface area (Å²) >= 11 is 0. The zero-order valence-corrected chi connectivity index (χ0v) is 11.9. The summed E-state index contributed by atoms with van der Waals surface area (Å²) in [6.07, 6.45) is 2.43. The highest BCUT2D eigenvalue weighted by Gasteiger charge is 2.27. The normalized spacial score (nSPS) is 18.4. The number of ether oxygens (including phenoxy) is 1. The van der Waals surface area contributed by atoms with Crippen LogP contribution in [0.1, 0.15) is 32.5 Å². The minimum Gasteiger partial charge on any atom is -0.377 e. The van der Waals surface area contributed by atoms with Crippen molar-refractivity contribution < 1.29 is 4.74 Å². The molecule has 1 aromatic heterocycles. The second kappa shape index (κ2) is 5.71. The Morgan fingerprint density at radius 2 is 2.26 bits per heavy atom. The van der Waals surface area contributed by atoms with Gasteiger partial charge in [0.2, 0.25) is 0 Å². The van der Waals surface area contributed by atoms with Crippen molar-refractivity contribution in [2.75, 3.05) is 30.5 Å². The van der Waals surface area contributed by atoms with Gasteiger partial charge in [0.05, 0.1) is 0 Å². The molecule has 3 N–H and O–H groups in total. The van der Waals surface area contributed by atoms with E-state index in [4.69, 9.17) is 10.6 Å². The van der Waals surface area contributed by atoms with Crippen molar-refractivity contribution in [2.24, 2.45) is 11.3 Å². The number of nitrogens with two attached hydrogens (primary N) is 1. The van der Waals surface area contributed by atoms with Crippen LogP contribution in [0.4, 0.5) is 11.6 Å². The summed E-state index contributed by atoms with van der Waals surface area (Å²) in [4.78, 5) is 11.1. The quantitative estimate of drug-likeness (QED) is 0.635. The van der Waals surface area contributed by atoms with Gasteiger partial charge in [-0.05, 0) is 18.3 Å².